The zero-order valence-corrected chi connectivity index (χ0v) is 14.2. The van der Waals surface area contributed by atoms with Crippen LogP contribution >= 0.6 is 0 Å². The standard InChI is InChI=1S/C18H17N5O4/c24-12-6-5-11(14-15(12)22-16(21-14)13-4-2-8-27-13)18(26)19-7-1-3-10-9-20-23-17(10)25/h2,4-6,8-9,24H,1,3,7H2,(H,19,26)(H,21,22)(H2,20,23,25). The highest BCUT2D eigenvalue weighted by Gasteiger charge is 2.18. The highest BCUT2D eigenvalue weighted by molar-refractivity contribution is 6.06. The molecule has 0 radical (unpaired) electrons. The van der Waals surface area contributed by atoms with E-state index >= 15 is 0 Å². The molecule has 138 valence electrons. The van der Waals surface area contributed by atoms with Crippen LogP contribution in [-0.2, 0) is 6.42 Å². The van der Waals surface area contributed by atoms with Crippen LogP contribution in [-0.4, -0.2) is 37.7 Å². The molecule has 0 atom stereocenters. The van der Waals surface area contributed by atoms with E-state index in [4.69, 9.17) is 4.42 Å². The number of aromatic amines is 3. The van der Waals surface area contributed by atoms with Crippen LogP contribution in [0.1, 0.15) is 22.3 Å². The molecule has 0 unspecified atom stereocenters. The van der Waals surface area contributed by atoms with Crippen LogP contribution in [0.15, 0.2) is 45.9 Å². The highest BCUT2D eigenvalue weighted by Crippen LogP contribution is 2.29. The molecule has 0 bridgehead atoms. The fraction of sp³-hybridized carbons (Fsp3) is 0.167. The maximum absolute atomic E-state index is 12.5. The number of nitrogens with zero attached hydrogens (tertiary/aromatic N) is 1. The molecule has 3 heterocycles. The Morgan fingerprint density at radius 3 is 2.93 bits per heavy atom. The van der Waals surface area contributed by atoms with E-state index in [2.05, 4.69) is 25.5 Å². The van der Waals surface area contributed by atoms with Gasteiger partial charge in [0.1, 0.15) is 16.8 Å². The van der Waals surface area contributed by atoms with Crippen molar-refractivity contribution in [2.45, 2.75) is 12.8 Å². The van der Waals surface area contributed by atoms with Crippen molar-refractivity contribution in [1.82, 2.24) is 25.5 Å². The monoisotopic (exact) mass is 367 g/mol. The van der Waals surface area contributed by atoms with Crippen LogP contribution < -0.4 is 10.9 Å². The van der Waals surface area contributed by atoms with Gasteiger partial charge < -0.3 is 24.9 Å². The molecule has 27 heavy (non-hydrogen) atoms. The van der Waals surface area contributed by atoms with E-state index in [1.165, 1.54) is 18.4 Å². The highest BCUT2D eigenvalue weighted by atomic mass is 16.3. The molecule has 1 aromatic carbocycles. The summed E-state index contributed by atoms with van der Waals surface area (Å²) in [6.45, 7) is 0.404. The number of phenolic OH excluding ortho intramolecular Hbond substituents is 1. The lowest BCUT2D eigenvalue weighted by Crippen LogP contribution is -2.25. The molecular weight excluding hydrogens is 350 g/mol. The molecule has 4 aromatic rings. The number of rotatable bonds is 6. The van der Waals surface area contributed by atoms with Gasteiger partial charge in [0.25, 0.3) is 11.5 Å². The Morgan fingerprint density at radius 2 is 2.19 bits per heavy atom. The molecule has 9 heteroatoms. The molecule has 0 spiro atoms. The molecule has 0 aliphatic heterocycles. The van der Waals surface area contributed by atoms with Crippen molar-refractivity contribution < 1.29 is 14.3 Å². The van der Waals surface area contributed by atoms with Gasteiger partial charge in [-0.05, 0) is 37.1 Å². The van der Waals surface area contributed by atoms with E-state index in [1.54, 1.807) is 18.3 Å². The second-order valence-electron chi connectivity index (χ2n) is 6.05. The maximum atomic E-state index is 12.5. The number of fused-ring (bicyclic) bond motifs is 1. The summed E-state index contributed by atoms with van der Waals surface area (Å²) in [5, 5.41) is 18.0. The summed E-state index contributed by atoms with van der Waals surface area (Å²) in [5.74, 6) is 0.630. The molecule has 0 saturated heterocycles. The molecule has 9 nitrogen and oxygen atoms in total. The predicted octanol–water partition coefficient (Wildman–Crippen LogP) is 1.91. The van der Waals surface area contributed by atoms with E-state index < -0.39 is 0 Å². The van der Waals surface area contributed by atoms with Gasteiger partial charge in [-0.2, -0.15) is 0 Å². The predicted molar refractivity (Wildman–Crippen MR) is 97.5 cm³/mol. The van der Waals surface area contributed by atoms with Crippen molar-refractivity contribution in [1.29, 1.82) is 0 Å². The van der Waals surface area contributed by atoms with E-state index in [-0.39, 0.29) is 17.2 Å². The van der Waals surface area contributed by atoms with Gasteiger partial charge in [0.05, 0.1) is 11.8 Å². The number of hydrogen-bond acceptors (Lipinski definition) is 5. The van der Waals surface area contributed by atoms with Crippen molar-refractivity contribution in [3.63, 3.8) is 0 Å². The number of hydrogen-bond donors (Lipinski definition) is 5. The molecule has 3 aromatic heterocycles. The quantitative estimate of drug-likeness (QED) is 0.331. The molecule has 0 aliphatic carbocycles. The first-order valence-corrected chi connectivity index (χ1v) is 8.42. The second-order valence-corrected chi connectivity index (χ2v) is 6.05. The third-order valence-corrected chi connectivity index (χ3v) is 4.25. The van der Waals surface area contributed by atoms with Crippen LogP contribution in [0.2, 0.25) is 0 Å². The normalized spacial score (nSPS) is 11.1. The van der Waals surface area contributed by atoms with Gasteiger partial charge in [-0.3, -0.25) is 14.7 Å². The lowest BCUT2D eigenvalue weighted by atomic mass is 10.1. The third-order valence-electron chi connectivity index (χ3n) is 4.25. The van der Waals surface area contributed by atoms with Gasteiger partial charge in [-0.1, -0.05) is 0 Å². The summed E-state index contributed by atoms with van der Waals surface area (Å²) < 4.78 is 5.31. The fourth-order valence-electron chi connectivity index (χ4n) is 2.89. The first-order valence-electron chi connectivity index (χ1n) is 8.42. The Hall–Kier alpha value is -3.75. The topological polar surface area (TPSA) is 140 Å². The van der Waals surface area contributed by atoms with Crippen molar-refractivity contribution in [2.24, 2.45) is 0 Å². The number of aromatic hydroxyl groups is 1. The van der Waals surface area contributed by atoms with Crippen LogP contribution in [0.5, 0.6) is 5.75 Å². The Bertz CT molecular complexity index is 1140. The van der Waals surface area contributed by atoms with E-state index in [9.17, 15) is 14.7 Å². The third kappa shape index (κ3) is 3.22. The number of aromatic nitrogens is 4. The molecule has 1 amide bonds. The summed E-state index contributed by atoms with van der Waals surface area (Å²) in [6.07, 6.45) is 4.31. The van der Waals surface area contributed by atoms with Crippen LogP contribution in [0.25, 0.3) is 22.6 Å². The van der Waals surface area contributed by atoms with E-state index in [0.717, 1.165) is 0 Å². The van der Waals surface area contributed by atoms with E-state index in [0.29, 0.717) is 53.1 Å². The number of furan rings is 1. The number of carbonyl (C=O) groups excluding carboxylic acids is 1. The number of amides is 1. The first kappa shape index (κ1) is 16.7. The first-order chi connectivity index (χ1) is 13.1. The summed E-state index contributed by atoms with van der Waals surface area (Å²) in [5.41, 5.74) is 1.57. The Morgan fingerprint density at radius 1 is 1.30 bits per heavy atom. The second kappa shape index (κ2) is 6.87. The average molecular weight is 367 g/mol. The fourth-order valence-corrected chi connectivity index (χ4v) is 2.89. The number of carbonyl (C=O) groups is 1. The van der Waals surface area contributed by atoms with Crippen molar-refractivity contribution in [2.75, 3.05) is 6.54 Å². The number of imidazole rings is 1. The SMILES string of the molecule is O=C(NCCCc1c[nH][nH]c1=O)c1ccc(O)c2[nH]c(-c3ccco3)nc12. The Labute approximate surface area is 152 Å². The number of aryl methyl sites for hydroxylation is 1. The number of H-pyrrole nitrogens is 3. The van der Waals surface area contributed by atoms with E-state index in [1.807, 2.05) is 0 Å². The van der Waals surface area contributed by atoms with Crippen molar-refractivity contribution in [3.8, 4) is 17.3 Å². The number of nitrogens with one attached hydrogen (secondary N) is 4. The van der Waals surface area contributed by atoms with Crippen LogP contribution in [0, 0.1) is 0 Å². The molecule has 0 saturated carbocycles. The molecule has 0 fully saturated rings. The lowest BCUT2D eigenvalue weighted by Gasteiger charge is -2.06. The Balaban J connectivity index is 1.50. The summed E-state index contributed by atoms with van der Waals surface area (Å²) in [4.78, 5) is 31.4. The Kier molecular flexibility index (Phi) is 4.25. The minimum atomic E-state index is -0.305. The summed E-state index contributed by atoms with van der Waals surface area (Å²) in [7, 11) is 0. The molecular formula is C18H17N5O4. The zero-order valence-electron chi connectivity index (χ0n) is 14.2. The maximum Gasteiger partial charge on any atom is 0.267 e. The minimum Gasteiger partial charge on any atom is -0.506 e. The zero-order chi connectivity index (χ0) is 18.8. The number of benzene rings is 1. The average Bonchev–Trinajstić information content (AvgIpc) is 3.39. The van der Waals surface area contributed by atoms with Gasteiger partial charge in [0.2, 0.25) is 0 Å². The van der Waals surface area contributed by atoms with Crippen LogP contribution in [0.3, 0.4) is 0 Å². The van der Waals surface area contributed by atoms with Crippen LogP contribution in [0.4, 0.5) is 0 Å². The largest absolute Gasteiger partial charge is 0.506 e. The van der Waals surface area contributed by atoms with Gasteiger partial charge in [-0.15, -0.1) is 0 Å². The van der Waals surface area contributed by atoms with Gasteiger partial charge >= 0.3 is 0 Å². The molecule has 0 aliphatic rings. The van der Waals surface area contributed by atoms with Gasteiger partial charge in [-0.25, -0.2) is 4.98 Å². The smallest absolute Gasteiger partial charge is 0.267 e. The lowest BCUT2D eigenvalue weighted by molar-refractivity contribution is 0.0954. The minimum absolute atomic E-state index is 0.00135. The van der Waals surface area contributed by atoms with Crippen molar-refractivity contribution in [3.05, 3.63) is 58.2 Å². The van der Waals surface area contributed by atoms with Crippen molar-refractivity contribution >= 4 is 16.9 Å². The summed E-state index contributed by atoms with van der Waals surface area (Å²) in [6, 6.07) is 6.43. The van der Waals surface area contributed by atoms with Gasteiger partial charge in [0.15, 0.2) is 11.6 Å². The molecule has 4 rings (SSSR count). The number of phenols is 1. The summed E-state index contributed by atoms with van der Waals surface area (Å²) >= 11 is 0. The molecule has 5 N–H and O–H groups in total. The van der Waals surface area contributed by atoms with Gasteiger partial charge in [0, 0.05) is 18.3 Å².